The quantitative estimate of drug-likeness (QED) is 0.437. The van der Waals surface area contributed by atoms with Crippen LogP contribution in [0.2, 0.25) is 10.0 Å². The number of carbonyl (C=O) groups is 1. The summed E-state index contributed by atoms with van der Waals surface area (Å²) in [6.07, 6.45) is 0. The molecule has 2 atom stereocenters. The number of carbonyl (C=O) groups excluding carboxylic acids is 1. The van der Waals surface area contributed by atoms with Gasteiger partial charge in [-0.3, -0.25) is 4.79 Å². The molecule has 1 fully saturated rings. The molecule has 1 saturated carbocycles. The van der Waals surface area contributed by atoms with Crippen molar-refractivity contribution in [3.05, 3.63) is 69.0 Å². The highest BCUT2D eigenvalue weighted by atomic mass is 35.5. The van der Waals surface area contributed by atoms with E-state index in [4.69, 9.17) is 46.4 Å². The number of alkyl halides is 2. The molecule has 2 aromatic carbocycles. The van der Waals surface area contributed by atoms with E-state index in [2.05, 4.69) is 0 Å². The molecule has 1 nitrogen and oxygen atoms in total. The van der Waals surface area contributed by atoms with Gasteiger partial charge in [0.15, 0.2) is 5.78 Å². The van der Waals surface area contributed by atoms with Crippen molar-refractivity contribution in [3.63, 3.8) is 0 Å². The highest BCUT2D eigenvalue weighted by Crippen LogP contribution is 2.70. The number of ketones is 1. The third-order valence-corrected chi connectivity index (χ3v) is 5.51. The molecule has 0 bridgehead atoms. The van der Waals surface area contributed by atoms with Crippen LogP contribution in [0.5, 0.6) is 0 Å². The van der Waals surface area contributed by atoms with Crippen LogP contribution in [0.15, 0.2) is 36.4 Å². The summed E-state index contributed by atoms with van der Waals surface area (Å²) in [5, 5.41) is 0.664. The van der Waals surface area contributed by atoms with Gasteiger partial charge in [-0.1, -0.05) is 29.3 Å². The van der Waals surface area contributed by atoms with Crippen LogP contribution in [-0.4, -0.2) is 10.1 Å². The highest BCUT2D eigenvalue weighted by Gasteiger charge is 2.64. The van der Waals surface area contributed by atoms with Crippen LogP contribution in [-0.2, 0) is 0 Å². The number of hydrogen-bond acceptors (Lipinski definition) is 1. The van der Waals surface area contributed by atoms with E-state index in [0.717, 1.165) is 5.56 Å². The molecule has 0 aliphatic heterocycles. The van der Waals surface area contributed by atoms with Crippen molar-refractivity contribution >= 4 is 52.2 Å². The summed E-state index contributed by atoms with van der Waals surface area (Å²) in [5.74, 6) is -1.15. The van der Waals surface area contributed by atoms with Crippen LogP contribution in [0.4, 0.5) is 4.39 Å². The lowest BCUT2D eigenvalue weighted by molar-refractivity contribution is 0.101. The Bertz CT molecular complexity index is 783. The molecule has 0 radical (unpaired) electrons. The lowest BCUT2D eigenvalue weighted by Gasteiger charge is -2.05. The monoisotopic (exact) mass is 390 g/mol. The summed E-state index contributed by atoms with van der Waals surface area (Å²) in [6, 6.07) is 9.36. The topological polar surface area (TPSA) is 17.1 Å². The molecule has 0 N–H and O–H groups in total. The fraction of sp³-hybridized carbons (Fsp3) is 0.235. The van der Waals surface area contributed by atoms with E-state index in [-0.39, 0.29) is 22.6 Å². The van der Waals surface area contributed by atoms with Gasteiger partial charge in [0.1, 0.15) is 10.2 Å². The third kappa shape index (κ3) is 3.10. The fourth-order valence-electron chi connectivity index (χ4n) is 2.92. The molecule has 0 aromatic heterocycles. The summed E-state index contributed by atoms with van der Waals surface area (Å²) < 4.78 is 12.5. The lowest BCUT2D eigenvalue weighted by atomic mass is 10.0. The van der Waals surface area contributed by atoms with Crippen LogP contribution >= 0.6 is 46.4 Å². The van der Waals surface area contributed by atoms with Crippen molar-refractivity contribution in [2.24, 2.45) is 0 Å². The molecule has 1 aliphatic rings. The van der Waals surface area contributed by atoms with Gasteiger partial charge < -0.3 is 0 Å². The maximum Gasteiger partial charge on any atom is 0.161 e. The van der Waals surface area contributed by atoms with E-state index < -0.39 is 10.2 Å². The van der Waals surface area contributed by atoms with Gasteiger partial charge in [0.05, 0.1) is 5.02 Å². The Morgan fingerprint density at radius 3 is 2.30 bits per heavy atom. The summed E-state index contributed by atoms with van der Waals surface area (Å²) in [7, 11) is 0. The SMILES string of the molecule is CC(=O)c1cc(C2C(c3cc(F)cc(Cl)c3)C2(Cl)Cl)ccc1Cl. The summed E-state index contributed by atoms with van der Waals surface area (Å²) in [5.41, 5.74) is 1.83. The molecule has 3 rings (SSSR count). The largest absolute Gasteiger partial charge is 0.294 e. The van der Waals surface area contributed by atoms with E-state index in [1.54, 1.807) is 24.3 Å². The number of halogens is 5. The smallest absolute Gasteiger partial charge is 0.161 e. The van der Waals surface area contributed by atoms with Crippen LogP contribution in [0.3, 0.4) is 0 Å². The van der Waals surface area contributed by atoms with Gasteiger partial charge >= 0.3 is 0 Å². The van der Waals surface area contributed by atoms with Crippen molar-refractivity contribution in [1.82, 2.24) is 0 Å². The minimum atomic E-state index is -1.08. The van der Waals surface area contributed by atoms with Gasteiger partial charge in [-0.2, -0.15) is 0 Å². The van der Waals surface area contributed by atoms with Crippen molar-refractivity contribution in [1.29, 1.82) is 0 Å². The number of Topliss-reactive ketones (excluding diaryl/α,β-unsaturated/α-hetero) is 1. The van der Waals surface area contributed by atoms with Gasteiger partial charge in [-0.05, 0) is 48.4 Å². The molecule has 0 spiro atoms. The standard InChI is InChI=1S/C17H11Cl4FO/c1-8(23)13-6-9(2-3-14(13)19)15-16(17(15,20)21)10-4-11(18)7-12(22)5-10/h2-7,15-16H,1H3. The average molecular weight is 392 g/mol. The molecular weight excluding hydrogens is 381 g/mol. The van der Waals surface area contributed by atoms with Gasteiger partial charge in [0.25, 0.3) is 0 Å². The molecule has 2 aromatic rings. The second-order valence-electron chi connectivity index (χ2n) is 5.63. The van der Waals surface area contributed by atoms with E-state index in [1.165, 1.54) is 19.1 Å². The van der Waals surface area contributed by atoms with E-state index in [9.17, 15) is 9.18 Å². The Balaban J connectivity index is 2.01. The summed E-state index contributed by atoms with van der Waals surface area (Å²) in [4.78, 5) is 11.6. The maximum absolute atomic E-state index is 13.6. The minimum Gasteiger partial charge on any atom is -0.294 e. The van der Waals surface area contributed by atoms with Gasteiger partial charge in [-0.15, -0.1) is 23.2 Å². The van der Waals surface area contributed by atoms with E-state index in [0.29, 0.717) is 16.1 Å². The molecule has 1 aliphatic carbocycles. The molecule has 2 unspecified atom stereocenters. The van der Waals surface area contributed by atoms with Gasteiger partial charge in [0, 0.05) is 22.4 Å². The highest BCUT2D eigenvalue weighted by molar-refractivity contribution is 6.52. The van der Waals surface area contributed by atoms with Crippen molar-refractivity contribution in [3.8, 4) is 0 Å². The summed E-state index contributed by atoms with van der Waals surface area (Å²) in [6.45, 7) is 1.44. The van der Waals surface area contributed by atoms with Crippen LogP contribution < -0.4 is 0 Å². The predicted octanol–water partition coefficient (Wildman–Crippen LogP) is 6.39. The zero-order valence-corrected chi connectivity index (χ0v) is 14.9. The van der Waals surface area contributed by atoms with Crippen LogP contribution in [0.25, 0.3) is 0 Å². The van der Waals surface area contributed by atoms with Crippen LogP contribution in [0.1, 0.15) is 40.2 Å². The first kappa shape index (κ1) is 17.0. The minimum absolute atomic E-state index is 0.141. The summed E-state index contributed by atoms with van der Waals surface area (Å²) >= 11 is 24.7. The molecule has 120 valence electrons. The normalized spacial score (nSPS) is 22.0. The van der Waals surface area contributed by atoms with Gasteiger partial charge in [-0.25, -0.2) is 4.39 Å². The molecule has 0 heterocycles. The van der Waals surface area contributed by atoms with E-state index in [1.807, 2.05) is 0 Å². The maximum atomic E-state index is 13.6. The molecular formula is C17H11Cl4FO. The molecule has 0 amide bonds. The number of rotatable bonds is 3. The first-order chi connectivity index (χ1) is 10.7. The second kappa shape index (κ2) is 5.93. The first-order valence-corrected chi connectivity index (χ1v) is 8.37. The third-order valence-electron chi connectivity index (χ3n) is 4.03. The molecule has 0 saturated heterocycles. The van der Waals surface area contributed by atoms with E-state index >= 15 is 0 Å². The first-order valence-electron chi connectivity index (χ1n) is 6.86. The van der Waals surface area contributed by atoms with Crippen LogP contribution in [0, 0.1) is 5.82 Å². The predicted molar refractivity (Wildman–Crippen MR) is 92.8 cm³/mol. The Morgan fingerprint density at radius 1 is 1.04 bits per heavy atom. The number of hydrogen-bond donors (Lipinski definition) is 0. The van der Waals surface area contributed by atoms with Crippen molar-refractivity contribution < 1.29 is 9.18 Å². The molecule has 6 heteroatoms. The Kier molecular flexibility index (Phi) is 4.39. The number of benzene rings is 2. The zero-order valence-electron chi connectivity index (χ0n) is 11.9. The Labute approximate surface area is 153 Å². The second-order valence-corrected chi connectivity index (χ2v) is 7.92. The molecule has 23 heavy (non-hydrogen) atoms. The lowest BCUT2D eigenvalue weighted by Crippen LogP contribution is -1.97. The Hall–Kier alpha value is -0.800. The van der Waals surface area contributed by atoms with Gasteiger partial charge in [0.2, 0.25) is 0 Å². The Morgan fingerprint density at radius 2 is 1.70 bits per heavy atom. The van der Waals surface area contributed by atoms with Crippen molar-refractivity contribution in [2.75, 3.05) is 0 Å². The zero-order chi connectivity index (χ0) is 16.9. The fourth-order valence-corrected chi connectivity index (χ4v) is 4.28. The average Bonchev–Trinajstić information content (AvgIpc) is 3.00. The van der Waals surface area contributed by atoms with Crippen molar-refractivity contribution in [2.45, 2.75) is 23.1 Å².